The molecule has 0 heterocycles. The summed E-state index contributed by atoms with van der Waals surface area (Å²) in [6.07, 6.45) is -0.0220. The summed E-state index contributed by atoms with van der Waals surface area (Å²) >= 11 is 0. The van der Waals surface area contributed by atoms with Crippen molar-refractivity contribution >= 4 is 12.0 Å². The average Bonchev–Trinajstić information content (AvgIpc) is 2.56. The molecule has 0 radical (unpaired) electrons. The molecule has 2 atom stereocenters. The first-order valence-corrected chi connectivity index (χ1v) is 6.82. The summed E-state index contributed by atoms with van der Waals surface area (Å²) in [4.78, 5) is 10.4. The van der Waals surface area contributed by atoms with Gasteiger partial charge in [-0.3, -0.25) is 0 Å². The van der Waals surface area contributed by atoms with E-state index in [1.807, 2.05) is 0 Å². The average molecular weight is 350 g/mol. The maximum atomic E-state index is 10.4. The van der Waals surface area contributed by atoms with Gasteiger partial charge in [-0.25, -0.2) is 0 Å². The van der Waals surface area contributed by atoms with Crippen LogP contribution in [-0.4, -0.2) is 65.0 Å². The Morgan fingerprint density at radius 1 is 1.08 bits per heavy atom. The van der Waals surface area contributed by atoms with Gasteiger partial charge in [-0.2, -0.15) is 0 Å². The summed E-state index contributed by atoms with van der Waals surface area (Å²) in [5.41, 5.74) is 0.484. The van der Waals surface area contributed by atoms with Gasteiger partial charge in [-0.15, -0.1) is 0 Å². The number of hydrogen-bond donors (Lipinski definition) is 4. The molecule has 0 aliphatic carbocycles. The zero-order valence-corrected chi connectivity index (χ0v) is 15.3. The minimum Gasteiger partial charge on any atom is -0.545 e. The van der Waals surface area contributed by atoms with Crippen molar-refractivity contribution in [2.24, 2.45) is 0 Å². The first-order valence-electron chi connectivity index (χ1n) is 6.82. The van der Waals surface area contributed by atoms with Crippen molar-refractivity contribution in [1.29, 1.82) is 0 Å². The molecule has 0 aromatic heterocycles. The number of carbonyl (C=O) groups excluding carboxylic acids is 1. The third-order valence-corrected chi connectivity index (χ3v) is 2.66. The Morgan fingerprint density at radius 3 is 2.12 bits per heavy atom. The molecule has 2 unspecified atom stereocenters. The van der Waals surface area contributed by atoms with Crippen LogP contribution in [0.5, 0.6) is 11.5 Å². The van der Waals surface area contributed by atoms with E-state index in [1.165, 1.54) is 18.2 Å². The smallest absolute Gasteiger partial charge is 0.545 e. The molecule has 0 fully saturated rings. The van der Waals surface area contributed by atoms with Crippen LogP contribution >= 0.6 is 0 Å². The number of aliphatic carboxylic acids is 1. The molecule has 0 saturated carbocycles. The van der Waals surface area contributed by atoms with Crippen molar-refractivity contribution in [2.75, 3.05) is 26.4 Å². The molecule has 1 aromatic rings. The second kappa shape index (κ2) is 12.3. The zero-order chi connectivity index (χ0) is 17.2. The van der Waals surface area contributed by atoms with E-state index in [1.54, 1.807) is 6.07 Å². The maximum Gasteiger partial charge on any atom is 1.00 e. The molecule has 1 rings (SSSR count). The summed E-state index contributed by atoms with van der Waals surface area (Å²) in [5.74, 6) is -0.939. The molecule has 0 bridgehead atoms. The minimum atomic E-state index is -1.35. The molecule has 9 heteroatoms. The fourth-order valence-corrected chi connectivity index (χ4v) is 1.50. The fraction of sp³-hybridized carbons (Fsp3) is 0.400. The summed E-state index contributed by atoms with van der Waals surface area (Å²) in [6.45, 7) is -1.33. The van der Waals surface area contributed by atoms with Gasteiger partial charge in [0.25, 0.3) is 0 Å². The van der Waals surface area contributed by atoms with Crippen LogP contribution in [0.3, 0.4) is 0 Å². The fourth-order valence-electron chi connectivity index (χ4n) is 1.50. The van der Waals surface area contributed by atoms with Crippen LogP contribution in [0.25, 0.3) is 6.08 Å². The van der Waals surface area contributed by atoms with Crippen LogP contribution in [-0.2, 0) is 4.79 Å². The van der Waals surface area contributed by atoms with E-state index in [0.717, 1.165) is 6.08 Å². The van der Waals surface area contributed by atoms with Crippen LogP contribution in [0, 0.1) is 0 Å². The SMILES string of the molecule is O=C([O-])C=Cc1ccc(OCC(O)CO)c(OCC(O)CO)c1.[Na+]. The Labute approximate surface area is 161 Å². The third-order valence-electron chi connectivity index (χ3n) is 2.66. The molecule has 1 aromatic carbocycles. The van der Waals surface area contributed by atoms with E-state index in [-0.39, 0.29) is 54.3 Å². The van der Waals surface area contributed by atoms with Gasteiger partial charge in [-0.1, -0.05) is 12.1 Å². The van der Waals surface area contributed by atoms with E-state index < -0.39 is 31.4 Å². The van der Waals surface area contributed by atoms with Crippen molar-refractivity contribution in [3.63, 3.8) is 0 Å². The summed E-state index contributed by atoms with van der Waals surface area (Å²) < 4.78 is 10.6. The van der Waals surface area contributed by atoms with E-state index in [4.69, 9.17) is 19.7 Å². The number of benzene rings is 1. The standard InChI is InChI=1S/C15H20O8.Na/c16-6-11(18)8-22-13-3-1-10(2-4-15(20)21)5-14(13)23-9-12(19)7-17;/h1-5,11-12,16-19H,6-9H2,(H,20,21);/q;+1/p-1. The van der Waals surface area contributed by atoms with Crippen molar-refractivity contribution in [3.8, 4) is 11.5 Å². The minimum absolute atomic E-state index is 0. The molecule has 0 saturated heterocycles. The maximum absolute atomic E-state index is 10.4. The Balaban J connectivity index is 0.00000529. The van der Waals surface area contributed by atoms with Crippen LogP contribution < -0.4 is 44.1 Å². The van der Waals surface area contributed by atoms with Crippen molar-refractivity contribution in [3.05, 3.63) is 29.8 Å². The van der Waals surface area contributed by atoms with Gasteiger partial charge in [0.2, 0.25) is 0 Å². The van der Waals surface area contributed by atoms with Crippen LogP contribution in [0.15, 0.2) is 24.3 Å². The summed E-state index contributed by atoms with van der Waals surface area (Å²) in [6, 6.07) is 4.50. The van der Waals surface area contributed by atoms with Gasteiger partial charge in [0, 0.05) is 0 Å². The van der Waals surface area contributed by atoms with Gasteiger partial charge in [-0.05, 0) is 23.8 Å². The second-order valence-corrected chi connectivity index (χ2v) is 4.65. The third kappa shape index (κ3) is 8.65. The molecule has 0 aliphatic rings. The van der Waals surface area contributed by atoms with Gasteiger partial charge in [0.1, 0.15) is 25.4 Å². The number of carbonyl (C=O) groups is 1. The van der Waals surface area contributed by atoms with E-state index >= 15 is 0 Å². The summed E-state index contributed by atoms with van der Waals surface area (Å²) in [7, 11) is 0. The largest absolute Gasteiger partial charge is 1.00 e. The van der Waals surface area contributed by atoms with Crippen LogP contribution in [0.2, 0.25) is 0 Å². The number of carboxylic acids is 1. The second-order valence-electron chi connectivity index (χ2n) is 4.65. The van der Waals surface area contributed by atoms with Gasteiger partial charge >= 0.3 is 29.6 Å². The van der Waals surface area contributed by atoms with Crippen molar-refractivity contribution < 1.29 is 69.4 Å². The molecule has 4 N–H and O–H groups in total. The number of rotatable bonds is 10. The topological polar surface area (TPSA) is 140 Å². The number of hydrogen-bond acceptors (Lipinski definition) is 8. The Kier molecular flexibility index (Phi) is 11.7. The normalized spacial score (nSPS) is 13.2. The molecular weight excluding hydrogens is 331 g/mol. The van der Waals surface area contributed by atoms with E-state index in [9.17, 15) is 20.1 Å². The van der Waals surface area contributed by atoms with Crippen LogP contribution in [0.4, 0.5) is 0 Å². The van der Waals surface area contributed by atoms with E-state index in [0.29, 0.717) is 5.56 Å². The molecule has 24 heavy (non-hydrogen) atoms. The Bertz CT molecular complexity index is 534. The molecule has 8 nitrogen and oxygen atoms in total. The number of carboxylic acid groups (broad SMARTS) is 1. The zero-order valence-electron chi connectivity index (χ0n) is 13.3. The molecule has 0 amide bonds. The predicted octanol–water partition coefficient (Wildman–Crippen LogP) is -5.08. The predicted molar refractivity (Wildman–Crippen MR) is 77.7 cm³/mol. The number of ether oxygens (including phenoxy) is 2. The van der Waals surface area contributed by atoms with Crippen LogP contribution in [0.1, 0.15) is 5.56 Å². The molecular formula is C15H19NaO8. The molecule has 128 valence electrons. The molecule has 0 spiro atoms. The quantitative estimate of drug-likeness (QED) is 0.243. The van der Waals surface area contributed by atoms with Gasteiger partial charge < -0.3 is 39.8 Å². The number of aliphatic hydroxyl groups excluding tert-OH is 4. The van der Waals surface area contributed by atoms with Gasteiger partial charge in [0.15, 0.2) is 11.5 Å². The molecule has 0 aliphatic heterocycles. The first-order chi connectivity index (χ1) is 11.0. The van der Waals surface area contributed by atoms with E-state index in [2.05, 4.69) is 0 Å². The number of aliphatic hydroxyl groups is 4. The van der Waals surface area contributed by atoms with Crippen molar-refractivity contribution in [2.45, 2.75) is 12.2 Å². The Morgan fingerprint density at radius 2 is 1.62 bits per heavy atom. The monoisotopic (exact) mass is 350 g/mol. The first kappa shape index (κ1) is 22.9. The summed E-state index contributed by atoms with van der Waals surface area (Å²) in [5, 5.41) is 46.6. The van der Waals surface area contributed by atoms with Gasteiger partial charge in [0.05, 0.1) is 19.2 Å². The Hall–Kier alpha value is -1.13. The van der Waals surface area contributed by atoms with Crippen molar-refractivity contribution in [1.82, 2.24) is 0 Å².